The summed E-state index contributed by atoms with van der Waals surface area (Å²) in [4.78, 5) is 49.8. The van der Waals surface area contributed by atoms with Gasteiger partial charge in [0.2, 0.25) is 0 Å². The quantitative estimate of drug-likeness (QED) is 0.580. The number of anilines is 1. The third-order valence-electron chi connectivity index (χ3n) is 5.19. The van der Waals surface area contributed by atoms with Crippen LogP contribution in [0.3, 0.4) is 0 Å². The van der Waals surface area contributed by atoms with E-state index in [-0.39, 0.29) is 23.9 Å². The number of ether oxygens (including phenoxy) is 2. The molecule has 0 fully saturated rings. The van der Waals surface area contributed by atoms with Gasteiger partial charge in [-0.15, -0.1) is 11.3 Å². The largest absolute Gasteiger partial charge is 0.459 e. The van der Waals surface area contributed by atoms with Gasteiger partial charge in [0.15, 0.2) is 6.61 Å². The lowest BCUT2D eigenvalue weighted by Crippen LogP contribution is -2.23. The molecule has 0 saturated heterocycles. The van der Waals surface area contributed by atoms with Crippen LogP contribution in [0.2, 0.25) is 0 Å². The number of hydrogen-bond donors (Lipinski definition) is 1. The number of aryl methyl sites for hydroxylation is 1. The molecule has 2 heterocycles. The second kappa shape index (κ2) is 10.4. The number of fused-ring (bicyclic) bond motifs is 1. The molecule has 8 nitrogen and oxygen atoms in total. The van der Waals surface area contributed by atoms with Crippen LogP contribution in [0.1, 0.15) is 60.1 Å². The summed E-state index contributed by atoms with van der Waals surface area (Å²) in [5.41, 5.74) is 2.14. The van der Waals surface area contributed by atoms with Crippen LogP contribution in [-0.2, 0) is 38.4 Å². The van der Waals surface area contributed by atoms with E-state index in [0.29, 0.717) is 16.5 Å². The number of carbonyl (C=O) groups excluding carboxylic acids is 3. The van der Waals surface area contributed by atoms with Crippen molar-refractivity contribution in [1.82, 2.24) is 4.57 Å². The van der Waals surface area contributed by atoms with E-state index in [1.807, 2.05) is 0 Å². The maximum atomic E-state index is 12.7. The zero-order chi connectivity index (χ0) is 23.4. The molecule has 3 rings (SSSR count). The first-order valence-electron chi connectivity index (χ1n) is 10.6. The van der Waals surface area contributed by atoms with Gasteiger partial charge in [-0.1, -0.05) is 18.3 Å². The van der Waals surface area contributed by atoms with Crippen molar-refractivity contribution >= 4 is 45.5 Å². The normalized spacial score (nSPS) is 15.3. The van der Waals surface area contributed by atoms with E-state index in [2.05, 4.69) is 12.2 Å². The molecule has 1 N–H and O–H groups in total. The van der Waals surface area contributed by atoms with Crippen molar-refractivity contribution in [2.24, 2.45) is 5.92 Å². The SMILES string of the molecule is Cc1csc(=O)n1CCC(=O)OCC(=O)Nc1sc2c(c1C(=O)OC(C)C)CCC(C)C2. The molecule has 1 amide bonds. The minimum atomic E-state index is -0.573. The summed E-state index contributed by atoms with van der Waals surface area (Å²) in [6.07, 6.45) is 2.31. The first kappa shape index (κ1) is 24.2. The van der Waals surface area contributed by atoms with Crippen molar-refractivity contribution in [1.29, 1.82) is 0 Å². The standard InChI is InChI=1S/C22H28N2O6S2/c1-12(2)30-21(27)19-15-6-5-13(3)9-16(15)32-20(19)23-17(25)10-29-18(26)7-8-24-14(4)11-31-22(24)28/h11-13H,5-10H2,1-4H3,(H,23,25). The van der Waals surface area contributed by atoms with Crippen LogP contribution < -0.4 is 10.2 Å². The summed E-state index contributed by atoms with van der Waals surface area (Å²) < 4.78 is 12.0. The first-order chi connectivity index (χ1) is 15.2. The third kappa shape index (κ3) is 5.86. The molecule has 0 aromatic carbocycles. The highest BCUT2D eigenvalue weighted by atomic mass is 32.1. The first-order valence-corrected chi connectivity index (χ1v) is 12.3. The highest BCUT2D eigenvalue weighted by Crippen LogP contribution is 2.40. The lowest BCUT2D eigenvalue weighted by atomic mass is 9.88. The second-order valence-electron chi connectivity index (χ2n) is 8.26. The van der Waals surface area contributed by atoms with E-state index in [1.54, 1.807) is 26.2 Å². The van der Waals surface area contributed by atoms with Gasteiger partial charge in [0.1, 0.15) is 5.00 Å². The minimum Gasteiger partial charge on any atom is -0.459 e. The van der Waals surface area contributed by atoms with E-state index in [1.165, 1.54) is 15.9 Å². The Bertz CT molecular complexity index is 1070. The maximum absolute atomic E-state index is 12.7. The van der Waals surface area contributed by atoms with Crippen LogP contribution in [0.15, 0.2) is 10.2 Å². The topological polar surface area (TPSA) is 104 Å². The van der Waals surface area contributed by atoms with E-state index in [4.69, 9.17) is 9.47 Å². The Kier molecular flexibility index (Phi) is 7.89. The molecule has 2 aromatic rings. The Morgan fingerprint density at radius 2 is 2.06 bits per heavy atom. The van der Waals surface area contributed by atoms with Crippen molar-refractivity contribution < 1.29 is 23.9 Å². The van der Waals surface area contributed by atoms with Crippen LogP contribution in [-0.4, -0.2) is 35.1 Å². The molecule has 0 bridgehead atoms. The van der Waals surface area contributed by atoms with Crippen molar-refractivity contribution in [2.75, 3.05) is 11.9 Å². The number of rotatable bonds is 8. The molecule has 0 radical (unpaired) electrons. The summed E-state index contributed by atoms with van der Waals surface area (Å²) in [5, 5.41) is 4.90. The second-order valence-corrected chi connectivity index (χ2v) is 10.2. The molecule has 0 aliphatic heterocycles. The van der Waals surface area contributed by atoms with Gasteiger partial charge in [-0.05, 0) is 51.5 Å². The smallest absolute Gasteiger partial charge is 0.341 e. The number of thiophene rings is 1. The Morgan fingerprint density at radius 3 is 2.72 bits per heavy atom. The highest BCUT2D eigenvalue weighted by molar-refractivity contribution is 7.17. The minimum absolute atomic E-state index is 0.0120. The molecule has 1 unspecified atom stereocenters. The van der Waals surface area contributed by atoms with E-state index >= 15 is 0 Å². The van der Waals surface area contributed by atoms with Crippen LogP contribution in [0.5, 0.6) is 0 Å². The van der Waals surface area contributed by atoms with Gasteiger partial charge in [0.25, 0.3) is 5.91 Å². The predicted octanol–water partition coefficient (Wildman–Crippen LogP) is 3.54. The molecule has 1 atom stereocenters. The van der Waals surface area contributed by atoms with Crippen LogP contribution in [0, 0.1) is 12.8 Å². The number of nitrogens with zero attached hydrogens (tertiary/aromatic N) is 1. The molecule has 174 valence electrons. The molecular weight excluding hydrogens is 452 g/mol. The van der Waals surface area contributed by atoms with Crippen LogP contribution in [0.4, 0.5) is 5.00 Å². The van der Waals surface area contributed by atoms with Gasteiger partial charge in [-0.2, -0.15) is 0 Å². The Labute approximate surface area is 194 Å². The van der Waals surface area contributed by atoms with Gasteiger partial charge >= 0.3 is 16.8 Å². The number of hydrogen-bond acceptors (Lipinski definition) is 8. The Balaban J connectivity index is 1.62. The fraction of sp³-hybridized carbons (Fsp3) is 0.545. The van der Waals surface area contributed by atoms with Gasteiger partial charge in [-0.3, -0.25) is 14.4 Å². The Morgan fingerprint density at radius 1 is 1.31 bits per heavy atom. The molecule has 32 heavy (non-hydrogen) atoms. The summed E-state index contributed by atoms with van der Waals surface area (Å²) in [6.45, 7) is 7.26. The highest BCUT2D eigenvalue weighted by Gasteiger charge is 2.29. The fourth-order valence-corrected chi connectivity index (χ4v) is 5.76. The molecule has 1 aliphatic rings. The van der Waals surface area contributed by atoms with Gasteiger partial charge in [0.05, 0.1) is 18.1 Å². The monoisotopic (exact) mass is 480 g/mol. The summed E-state index contributed by atoms with van der Waals surface area (Å²) in [5.74, 6) is -1.03. The van der Waals surface area contributed by atoms with Crippen LogP contribution >= 0.6 is 22.7 Å². The van der Waals surface area contributed by atoms with E-state index in [9.17, 15) is 19.2 Å². The van der Waals surface area contributed by atoms with Crippen molar-refractivity contribution in [3.8, 4) is 0 Å². The van der Waals surface area contributed by atoms with Crippen molar-refractivity contribution in [3.05, 3.63) is 36.7 Å². The summed E-state index contributed by atoms with van der Waals surface area (Å²) in [7, 11) is 0. The summed E-state index contributed by atoms with van der Waals surface area (Å²) in [6, 6.07) is 0. The number of nitrogens with one attached hydrogen (secondary N) is 1. The average Bonchev–Trinajstić information content (AvgIpc) is 3.22. The lowest BCUT2D eigenvalue weighted by Gasteiger charge is -2.18. The molecule has 1 aliphatic carbocycles. The predicted molar refractivity (Wildman–Crippen MR) is 124 cm³/mol. The number of thiazole rings is 1. The van der Waals surface area contributed by atoms with E-state index in [0.717, 1.165) is 46.7 Å². The molecule has 0 saturated carbocycles. The van der Waals surface area contributed by atoms with Crippen molar-refractivity contribution in [3.63, 3.8) is 0 Å². The van der Waals surface area contributed by atoms with Gasteiger partial charge < -0.3 is 19.4 Å². The summed E-state index contributed by atoms with van der Waals surface area (Å²) >= 11 is 2.46. The van der Waals surface area contributed by atoms with Crippen LogP contribution in [0.25, 0.3) is 0 Å². The molecule has 2 aromatic heterocycles. The maximum Gasteiger partial charge on any atom is 0.341 e. The van der Waals surface area contributed by atoms with Gasteiger partial charge in [-0.25, -0.2) is 4.79 Å². The number of carbonyl (C=O) groups is 3. The number of esters is 2. The fourth-order valence-electron chi connectivity index (χ4n) is 3.59. The number of amides is 1. The third-order valence-corrected chi connectivity index (χ3v) is 7.24. The van der Waals surface area contributed by atoms with Gasteiger partial charge in [0, 0.05) is 22.5 Å². The lowest BCUT2D eigenvalue weighted by molar-refractivity contribution is -0.147. The molecule has 10 heteroatoms. The zero-order valence-electron chi connectivity index (χ0n) is 18.7. The average molecular weight is 481 g/mol. The molecular formula is C22H28N2O6S2. The number of aromatic nitrogens is 1. The van der Waals surface area contributed by atoms with Crippen molar-refractivity contribution in [2.45, 2.75) is 66.0 Å². The molecule has 0 spiro atoms. The van der Waals surface area contributed by atoms with E-state index < -0.39 is 24.5 Å². The zero-order valence-corrected chi connectivity index (χ0v) is 20.3. The Hall–Kier alpha value is -2.46.